The van der Waals surface area contributed by atoms with Gasteiger partial charge < -0.3 is 5.32 Å². The van der Waals surface area contributed by atoms with E-state index in [1.54, 1.807) is 6.07 Å². The zero-order chi connectivity index (χ0) is 15.5. The average molecular weight is 295 g/mol. The highest BCUT2D eigenvalue weighted by Crippen LogP contribution is 2.30. The minimum Gasteiger partial charge on any atom is -0.380 e. The van der Waals surface area contributed by atoms with Gasteiger partial charge in [0.05, 0.1) is 17.4 Å². The minimum atomic E-state index is -4.59. The van der Waals surface area contributed by atoms with Crippen LogP contribution in [-0.2, 0) is 12.7 Å². The molecule has 0 radical (unpaired) electrons. The Kier molecular flexibility index (Phi) is 4.08. The second-order valence-corrected chi connectivity index (χ2v) is 4.24. The summed E-state index contributed by atoms with van der Waals surface area (Å²) < 4.78 is 50.9. The summed E-state index contributed by atoms with van der Waals surface area (Å²) in [7, 11) is 0. The van der Waals surface area contributed by atoms with Gasteiger partial charge in [-0.3, -0.25) is 0 Å². The van der Waals surface area contributed by atoms with Crippen LogP contribution in [0.15, 0.2) is 36.5 Å². The molecule has 0 bridgehead atoms. The number of nitriles is 1. The van der Waals surface area contributed by atoms with E-state index in [1.807, 2.05) is 6.07 Å². The summed E-state index contributed by atoms with van der Waals surface area (Å²) in [6.07, 6.45) is -3.21. The summed E-state index contributed by atoms with van der Waals surface area (Å²) in [5, 5.41) is 11.4. The average Bonchev–Trinajstić information content (AvgIpc) is 2.44. The third-order valence-corrected chi connectivity index (χ3v) is 2.66. The van der Waals surface area contributed by atoms with Crippen molar-refractivity contribution in [3.05, 3.63) is 59.2 Å². The Labute approximate surface area is 117 Å². The predicted octanol–water partition coefficient (Wildman–Crippen LogP) is 3.72. The Hall–Kier alpha value is -2.62. The van der Waals surface area contributed by atoms with Crippen LogP contribution in [0.25, 0.3) is 0 Å². The van der Waals surface area contributed by atoms with Gasteiger partial charge in [-0.1, -0.05) is 0 Å². The van der Waals surface area contributed by atoms with Crippen LogP contribution in [0.3, 0.4) is 0 Å². The number of rotatable bonds is 3. The molecule has 1 aromatic carbocycles. The van der Waals surface area contributed by atoms with Crippen molar-refractivity contribution in [2.24, 2.45) is 0 Å². The molecule has 0 aliphatic carbocycles. The van der Waals surface area contributed by atoms with Gasteiger partial charge in [-0.25, -0.2) is 9.37 Å². The molecular weight excluding hydrogens is 286 g/mol. The van der Waals surface area contributed by atoms with Crippen LogP contribution >= 0.6 is 0 Å². The molecule has 3 nitrogen and oxygen atoms in total. The molecule has 1 heterocycles. The number of nitrogens with zero attached hydrogens (tertiary/aromatic N) is 2. The summed E-state index contributed by atoms with van der Waals surface area (Å²) in [4.78, 5) is 3.81. The summed E-state index contributed by atoms with van der Waals surface area (Å²) in [6, 6.07) is 7.24. The zero-order valence-electron chi connectivity index (χ0n) is 10.6. The van der Waals surface area contributed by atoms with Gasteiger partial charge in [0.15, 0.2) is 0 Å². The Bertz CT molecular complexity index is 672. The molecule has 0 atom stereocenters. The van der Waals surface area contributed by atoms with Crippen molar-refractivity contribution in [1.29, 1.82) is 5.26 Å². The smallest absolute Gasteiger partial charge is 0.380 e. The normalized spacial score (nSPS) is 11.0. The number of anilines is 1. The van der Waals surface area contributed by atoms with E-state index in [0.717, 1.165) is 12.1 Å². The van der Waals surface area contributed by atoms with Gasteiger partial charge in [0.1, 0.15) is 17.6 Å². The quantitative estimate of drug-likeness (QED) is 0.878. The Morgan fingerprint density at radius 2 is 1.95 bits per heavy atom. The molecule has 0 spiro atoms. The first kappa shape index (κ1) is 14.8. The van der Waals surface area contributed by atoms with Crippen molar-refractivity contribution in [2.45, 2.75) is 12.7 Å². The highest BCUT2D eigenvalue weighted by molar-refractivity contribution is 5.43. The summed E-state index contributed by atoms with van der Waals surface area (Å²) in [5.41, 5.74) is -0.124. The largest absolute Gasteiger partial charge is 0.416 e. The first-order valence-corrected chi connectivity index (χ1v) is 5.85. The molecule has 2 rings (SSSR count). The van der Waals surface area contributed by atoms with Crippen LogP contribution in [0, 0.1) is 17.1 Å². The third-order valence-electron chi connectivity index (χ3n) is 2.66. The van der Waals surface area contributed by atoms with E-state index in [2.05, 4.69) is 10.3 Å². The van der Waals surface area contributed by atoms with Gasteiger partial charge in [-0.05, 0) is 35.9 Å². The van der Waals surface area contributed by atoms with Crippen molar-refractivity contribution in [3.63, 3.8) is 0 Å². The maximum Gasteiger partial charge on any atom is 0.416 e. The number of hydrogen-bond donors (Lipinski definition) is 1. The van der Waals surface area contributed by atoms with E-state index in [9.17, 15) is 17.6 Å². The van der Waals surface area contributed by atoms with Crippen molar-refractivity contribution in [2.75, 3.05) is 5.32 Å². The van der Waals surface area contributed by atoms with E-state index in [1.165, 1.54) is 12.3 Å². The topological polar surface area (TPSA) is 48.7 Å². The summed E-state index contributed by atoms with van der Waals surface area (Å²) in [5.74, 6) is -0.945. The molecule has 0 saturated heterocycles. The van der Waals surface area contributed by atoms with Gasteiger partial charge in [0, 0.05) is 6.54 Å². The standard InChI is InChI=1S/C14H9F4N3/c15-11-4-9(3-10(5-11)14(16,17)18)7-20-13-2-1-12(6-19)21-8-13/h1-5,8,20H,7H2. The van der Waals surface area contributed by atoms with Crippen LogP contribution in [-0.4, -0.2) is 4.98 Å². The van der Waals surface area contributed by atoms with Crippen molar-refractivity contribution >= 4 is 5.69 Å². The Morgan fingerprint density at radius 1 is 1.19 bits per heavy atom. The molecule has 0 amide bonds. The number of aromatic nitrogens is 1. The van der Waals surface area contributed by atoms with Crippen LogP contribution in [0.4, 0.5) is 23.2 Å². The lowest BCUT2D eigenvalue weighted by Crippen LogP contribution is -2.08. The SMILES string of the molecule is N#Cc1ccc(NCc2cc(F)cc(C(F)(F)F)c2)cn1. The van der Waals surface area contributed by atoms with E-state index in [-0.39, 0.29) is 17.8 Å². The fourth-order valence-corrected chi connectivity index (χ4v) is 1.68. The number of benzene rings is 1. The monoisotopic (exact) mass is 295 g/mol. The first-order chi connectivity index (χ1) is 9.88. The molecule has 1 N–H and O–H groups in total. The lowest BCUT2D eigenvalue weighted by Gasteiger charge is -2.10. The van der Waals surface area contributed by atoms with Crippen LogP contribution < -0.4 is 5.32 Å². The van der Waals surface area contributed by atoms with Gasteiger partial charge >= 0.3 is 6.18 Å². The number of pyridine rings is 1. The first-order valence-electron chi connectivity index (χ1n) is 5.85. The molecule has 0 aliphatic rings. The van der Waals surface area contributed by atoms with E-state index < -0.39 is 17.6 Å². The molecule has 0 aliphatic heterocycles. The Balaban J connectivity index is 2.12. The molecule has 0 saturated carbocycles. The molecule has 108 valence electrons. The minimum absolute atomic E-state index is 0.00835. The molecule has 21 heavy (non-hydrogen) atoms. The molecule has 0 fully saturated rings. The summed E-state index contributed by atoms with van der Waals surface area (Å²) >= 11 is 0. The highest BCUT2D eigenvalue weighted by Gasteiger charge is 2.31. The Morgan fingerprint density at radius 3 is 2.52 bits per heavy atom. The maximum absolute atomic E-state index is 13.2. The van der Waals surface area contributed by atoms with Gasteiger partial charge in [0.2, 0.25) is 0 Å². The van der Waals surface area contributed by atoms with Gasteiger partial charge in [0.25, 0.3) is 0 Å². The van der Waals surface area contributed by atoms with Gasteiger partial charge in [-0.15, -0.1) is 0 Å². The van der Waals surface area contributed by atoms with Crippen LogP contribution in [0.5, 0.6) is 0 Å². The molecule has 2 aromatic rings. The fourth-order valence-electron chi connectivity index (χ4n) is 1.68. The van der Waals surface area contributed by atoms with Crippen molar-refractivity contribution in [1.82, 2.24) is 4.98 Å². The second kappa shape index (κ2) is 5.79. The lowest BCUT2D eigenvalue weighted by atomic mass is 10.1. The van der Waals surface area contributed by atoms with Gasteiger partial charge in [-0.2, -0.15) is 18.4 Å². The van der Waals surface area contributed by atoms with E-state index in [4.69, 9.17) is 5.26 Å². The molecule has 1 aromatic heterocycles. The molecular formula is C14H9F4N3. The fraction of sp³-hybridized carbons (Fsp3) is 0.143. The summed E-state index contributed by atoms with van der Waals surface area (Å²) in [6.45, 7) is 0.00835. The van der Waals surface area contributed by atoms with Crippen LogP contribution in [0.1, 0.15) is 16.8 Å². The zero-order valence-corrected chi connectivity index (χ0v) is 10.6. The van der Waals surface area contributed by atoms with Crippen molar-refractivity contribution in [3.8, 4) is 6.07 Å². The molecule has 7 heteroatoms. The maximum atomic E-state index is 13.2. The molecule has 0 unspecified atom stereocenters. The van der Waals surface area contributed by atoms with E-state index >= 15 is 0 Å². The van der Waals surface area contributed by atoms with Crippen LogP contribution in [0.2, 0.25) is 0 Å². The second-order valence-electron chi connectivity index (χ2n) is 4.24. The highest BCUT2D eigenvalue weighted by atomic mass is 19.4. The number of halogens is 4. The lowest BCUT2D eigenvalue weighted by molar-refractivity contribution is -0.137. The number of alkyl halides is 3. The third kappa shape index (κ3) is 3.92. The predicted molar refractivity (Wildman–Crippen MR) is 67.7 cm³/mol. The van der Waals surface area contributed by atoms with Crippen molar-refractivity contribution < 1.29 is 17.6 Å². The number of hydrogen-bond acceptors (Lipinski definition) is 3. The number of nitrogens with one attached hydrogen (secondary N) is 1. The van der Waals surface area contributed by atoms with E-state index in [0.29, 0.717) is 11.8 Å².